The predicted molar refractivity (Wildman–Crippen MR) is 91.8 cm³/mol. The van der Waals surface area contributed by atoms with Crippen LogP contribution in [0.3, 0.4) is 0 Å². The number of carbonyl (C=O) groups excluding carboxylic acids is 1. The van der Waals surface area contributed by atoms with Crippen molar-refractivity contribution in [3.05, 3.63) is 54.0 Å². The number of amides is 1. The number of imidazole rings is 1. The molecule has 0 saturated carbocycles. The maximum Gasteiger partial charge on any atom is 0.274 e. The van der Waals surface area contributed by atoms with Crippen molar-refractivity contribution in [3.63, 3.8) is 0 Å². The number of nitrogens with zero attached hydrogens (tertiary/aromatic N) is 2. The van der Waals surface area contributed by atoms with Gasteiger partial charge in [-0.1, -0.05) is 19.1 Å². The molecule has 0 atom stereocenters. The van der Waals surface area contributed by atoms with Gasteiger partial charge in [0.2, 0.25) is 0 Å². The monoisotopic (exact) mass is 325 g/mol. The number of para-hydroxylation sites is 2. The number of aromatic nitrogens is 2. The van der Waals surface area contributed by atoms with Crippen LogP contribution in [0, 0.1) is 0 Å². The van der Waals surface area contributed by atoms with E-state index in [1.165, 1.54) is 6.07 Å². The third-order valence-corrected chi connectivity index (χ3v) is 3.69. The van der Waals surface area contributed by atoms with Crippen molar-refractivity contribution in [2.45, 2.75) is 20.3 Å². The normalized spacial score (nSPS) is 10.8. The molecule has 6 nitrogen and oxygen atoms in total. The lowest BCUT2D eigenvalue weighted by Crippen LogP contribution is -2.16. The van der Waals surface area contributed by atoms with E-state index in [0.29, 0.717) is 41.5 Å². The van der Waals surface area contributed by atoms with Gasteiger partial charge in [-0.25, -0.2) is 4.98 Å². The number of nitrogens with one attached hydrogen (secondary N) is 1. The maximum atomic E-state index is 12.8. The number of hydrogen-bond donors (Lipinski definition) is 2. The molecule has 6 heteroatoms. The number of anilines is 1. The number of aromatic hydroxyl groups is 1. The SMILES string of the molecule is CCOc1cccn2c(C(=O)Nc3ccccc3O)c(CC)nc12. The number of carbonyl (C=O) groups is 1. The lowest BCUT2D eigenvalue weighted by molar-refractivity contribution is 0.102. The van der Waals surface area contributed by atoms with E-state index >= 15 is 0 Å². The van der Waals surface area contributed by atoms with Crippen LogP contribution in [0.5, 0.6) is 11.5 Å². The highest BCUT2D eigenvalue weighted by Gasteiger charge is 2.21. The van der Waals surface area contributed by atoms with E-state index in [0.717, 1.165) is 0 Å². The molecular formula is C18H19N3O3. The second kappa shape index (κ2) is 6.62. The summed E-state index contributed by atoms with van der Waals surface area (Å²) in [6.45, 7) is 4.37. The topological polar surface area (TPSA) is 75.9 Å². The quantitative estimate of drug-likeness (QED) is 0.706. The average Bonchev–Trinajstić information content (AvgIpc) is 2.97. The molecule has 24 heavy (non-hydrogen) atoms. The van der Waals surface area contributed by atoms with Crippen LogP contribution < -0.4 is 10.1 Å². The molecule has 0 spiro atoms. The standard InChI is InChI=1S/C18H19N3O3/c1-3-12-16(18(23)20-13-8-5-6-9-14(13)22)21-11-7-10-15(24-4-2)17(21)19-12/h5-11,22H,3-4H2,1-2H3,(H,20,23). The van der Waals surface area contributed by atoms with Gasteiger partial charge in [0.05, 0.1) is 18.0 Å². The number of fused-ring (bicyclic) bond motifs is 1. The van der Waals surface area contributed by atoms with Crippen LogP contribution in [0.25, 0.3) is 5.65 Å². The van der Waals surface area contributed by atoms with Crippen molar-refractivity contribution < 1.29 is 14.6 Å². The van der Waals surface area contributed by atoms with Gasteiger partial charge in [0.15, 0.2) is 11.4 Å². The molecule has 2 aromatic heterocycles. The molecule has 2 heterocycles. The Labute approximate surface area is 139 Å². The number of phenolic OH excluding ortho intramolecular Hbond substituents is 1. The van der Waals surface area contributed by atoms with E-state index in [1.807, 2.05) is 26.0 Å². The highest BCUT2D eigenvalue weighted by atomic mass is 16.5. The Morgan fingerprint density at radius 1 is 1.25 bits per heavy atom. The fourth-order valence-electron chi connectivity index (χ4n) is 2.61. The number of rotatable bonds is 5. The third-order valence-electron chi connectivity index (χ3n) is 3.69. The van der Waals surface area contributed by atoms with Crippen LogP contribution in [-0.4, -0.2) is 27.0 Å². The Kier molecular flexibility index (Phi) is 4.37. The molecule has 0 aliphatic carbocycles. The molecule has 0 aliphatic heterocycles. The first-order valence-electron chi connectivity index (χ1n) is 7.87. The van der Waals surface area contributed by atoms with E-state index < -0.39 is 0 Å². The van der Waals surface area contributed by atoms with Crippen LogP contribution in [0.2, 0.25) is 0 Å². The summed E-state index contributed by atoms with van der Waals surface area (Å²) in [5.74, 6) is 0.332. The molecule has 3 rings (SSSR count). The lowest BCUT2D eigenvalue weighted by Gasteiger charge is -2.09. The van der Waals surface area contributed by atoms with Gasteiger partial charge >= 0.3 is 0 Å². The van der Waals surface area contributed by atoms with Crippen molar-refractivity contribution in [2.75, 3.05) is 11.9 Å². The third kappa shape index (κ3) is 2.78. The average molecular weight is 325 g/mol. The lowest BCUT2D eigenvalue weighted by atomic mass is 10.2. The molecule has 0 unspecified atom stereocenters. The summed E-state index contributed by atoms with van der Waals surface area (Å²) >= 11 is 0. The zero-order valence-electron chi connectivity index (χ0n) is 13.6. The van der Waals surface area contributed by atoms with Crippen molar-refractivity contribution in [2.24, 2.45) is 0 Å². The minimum Gasteiger partial charge on any atom is -0.506 e. The second-order valence-corrected chi connectivity index (χ2v) is 5.23. The van der Waals surface area contributed by atoms with Gasteiger partial charge < -0.3 is 15.2 Å². The Balaban J connectivity index is 2.06. The molecule has 2 N–H and O–H groups in total. The molecule has 124 valence electrons. The fourth-order valence-corrected chi connectivity index (χ4v) is 2.61. The minimum absolute atomic E-state index is 0.0210. The van der Waals surface area contributed by atoms with Gasteiger partial charge in [0.1, 0.15) is 11.4 Å². The van der Waals surface area contributed by atoms with Crippen molar-refractivity contribution >= 4 is 17.2 Å². The van der Waals surface area contributed by atoms with Gasteiger partial charge in [0.25, 0.3) is 5.91 Å². The number of hydrogen-bond acceptors (Lipinski definition) is 4. The number of pyridine rings is 1. The van der Waals surface area contributed by atoms with Crippen LogP contribution in [0.1, 0.15) is 30.0 Å². The van der Waals surface area contributed by atoms with Gasteiger partial charge in [-0.15, -0.1) is 0 Å². The molecular weight excluding hydrogens is 306 g/mol. The smallest absolute Gasteiger partial charge is 0.274 e. The molecule has 0 saturated heterocycles. The number of ether oxygens (including phenoxy) is 1. The molecule has 3 aromatic rings. The summed E-state index contributed by atoms with van der Waals surface area (Å²) in [6.07, 6.45) is 2.39. The Morgan fingerprint density at radius 3 is 2.75 bits per heavy atom. The summed E-state index contributed by atoms with van der Waals surface area (Å²) in [5, 5.41) is 12.6. The van der Waals surface area contributed by atoms with Crippen LogP contribution in [0.15, 0.2) is 42.6 Å². The minimum atomic E-state index is -0.325. The maximum absolute atomic E-state index is 12.8. The number of phenols is 1. The van der Waals surface area contributed by atoms with Crippen molar-refractivity contribution in [1.29, 1.82) is 0 Å². The molecule has 1 aromatic carbocycles. The van der Waals surface area contributed by atoms with E-state index in [2.05, 4.69) is 10.3 Å². The highest BCUT2D eigenvalue weighted by Crippen LogP contribution is 2.26. The first kappa shape index (κ1) is 15.9. The fraction of sp³-hybridized carbons (Fsp3) is 0.222. The van der Waals surface area contributed by atoms with Gasteiger partial charge in [-0.3, -0.25) is 9.20 Å². The highest BCUT2D eigenvalue weighted by molar-refractivity contribution is 6.05. The molecule has 0 bridgehead atoms. The first-order chi connectivity index (χ1) is 11.7. The summed E-state index contributed by atoms with van der Waals surface area (Å²) in [5.41, 5.74) is 2.09. The van der Waals surface area contributed by atoms with Crippen molar-refractivity contribution in [3.8, 4) is 11.5 Å². The van der Waals surface area contributed by atoms with Crippen LogP contribution in [0.4, 0.5) is 5.69 Å². The van der Waals surface area contributed by atoms with E-state index in [1.54, 1.807) is 28.8 Å². The summed E-state index contributed by atoms with van der Waals surface area (Å²) < 4.78 is 7.32. The summed E-state index contributed by atoms with van der Waals surface area (Å²) in [6, 6.07) is 10.3. The van der Waals surface area contributed by atoms with E-state index in [4.69, 9.17) is 4.74 Å². The predicted octanol–water partition coefficient (Wildman–Crippen LogP) is 3.25. The van der Waals surface area contributed by atoms with E-state index in [9.17, 15) is 9.90 Å². The molecule has 0 aliphatic rings. The largest absolute Gasteiger partial charge is 0.506 e. The number of aryl methyl sites for hydroxylation is 1. The van der Waals surface area contributed by atoms with Gasteiger partial charge in [-0.05, 0) is 37.6 Å². The van der Waals surface area contributed by atoms with Gasteiger partial charge in [0, 0.05) is 6.20 Å². The molecule has 0 radical (unpaired) electrons. The van der Waals surface area contributed by atoms with E-state index in [-0.39, 0.29) is 11.7 Å². The first-order valence-corrected chi connectivity index (χ1v) is 7.87. The zero-order valence-corrected chi connectivity index (χ0v) is 13.6. The van der Waals surface area contributed by atoms with Crippen LogP contribution in [-0.2, 0) is 6.42 Å². The van der Waals surface area contributed by atoms with Gasteiger partial charge in [-0.2, -0.15) is 0 Å². The molecule has 0 fully saturated rings. The second-order valence-electron chi connectivity index (χ2n) is 5.23. The Hall–Kier alpha value is -3.02. The molecule has 1 amide bonds. The Bertz CT molecular complexity index is 886. The summed E-state index contributed by atoms with van der Waals surface area (Å²) in [7, 11) is 0. The zero-order chi connectivity index (χ0) is 17.1. The Morgan fingerprint density at radius 2 is 2.04 bits per heavy atom. The van der Waals surface area contributed by atoms with Crippen LogP contribution >= 0.6 is 0 Å². The number of benzene rings is 1. The van der Waals surface area contributed by atoms with Crippen molar-refractivity contribution in [1.82, 2.24) is 9.38 Å². The summed E-state index contributed by atoms with van der Waals surface area (Å²) in [4.78, 5) is 17.3.